The number of carboxylic acids is 1. The van der Waals surface area contributed by atoms with E-state index in [1.54, 1.807) is 18.6 Å². The van der Waals surface area contributed by atoms with Crippen LogP contribution in [0.15, 0.2) is 30.7 Å². The molecule has 2 rings (SSSR count). The number of aromatic nitrogens is 2. The van der Waals surface area contributed by atoms with Crippen molar-refractivity contribution in [2.24, 2.45) is 0 Å². The molecule has 2 aromatic rings. The van der Waals surface area contributed by atoms with E-state index in [2.05, 4.69) is 9.97 Å². The zero-order valence-electron chi connectivity index (χ0n) is 8.46. The standard InChI is InChI=1S/C11H10N2O2S/c14-10(15)2-1-9-7-13-11(16-9)8-3-5-12-6-4-8/h3-7H,1-2H2,(H,14,15). The lowest BCUT2D eigenvalue weighted by Gasteiger charge is -1.93. The van der Waals surface area contributed by atoms with Crippen molar-refractivity contribution in [3.63, 3.8) is 0 Å². The highest BCUT2D eigenvalue weighted by Crippen LogP contribution is 2.24. The second-order valence-corrected chi connectivity index (χ2v) is 4.38. The highest BCUT2D eigenvalue weighted by atomic mass is 32.1. The Labute approximate surface area is 96.6 Å². The van der Waals surface area contributed by atoms with Crippen LogP contribution in [-0.4, -0.2) is 21.0 Å². The highest BCUT2D eigenvalue weighted by molar-refractivity contribution is 7.15. The van der Waals surface area contributed by atoms with Crippen molar-refractivity contribution in [2.45, 2.75) is 12.8 Å². The van der Waals surface area contributed by atoms with Crippen LogP contribution in [0, 0.1) is 0 Å². The molecular formula is C11H10N2O2S. The maximum atomic E-state index is 10.4. The molecule has 0 spiro atoms. The minimum Gasteiger partial charge on any atom is -0.481 e. The Bertz CT molecular complexity index is 482. The molecule has 16 heavy (non-hydrogen) atoms. The number of carboxylic acid groups (broad SMARTS) is 1. The van der Waals surface area contributed by atoms with Gasteiger partial charge in [-0.2, -0.15) is 0 Å². The highest BCUT2D eigenvalue weighted by Gasteiger charge is 2.05. The molecule has 0 unspecified atom stereocenters. The van der Waals surface area contributed by atoms with Gasteiger partial charge in [0.2, 0.25) is 0 Å². The van der Waals surface area contributed by atoms with E-state index in [-0.39, 0.29) is 6.42 Å². The first-order chi connectivity index (χ1) is 7.75. The van der Waals surface area contributed by atoms with Crippen molar-refractivity contribution in [1.82, 2.24) is 9.97 Å². The lowest BCUT2D eigenvalue weighted by atomic mass is 10.3. The second-order valence-electron chi connectivity index (χ2n) is 3.26. The van der Waals surface area contributed by atoms with E-state index in [9.17, 15) is 4.79 Å². The van der Waals surface area contributed by atoms with Gasteiger partial charge in [-0.1, -0.05) is 0 Å². The van der Waals surface area contributed by atoms with Crippen LogP contribution in [0.25, 0.3) is 10.6 Å². The summed E-state index contributed by atoms with van der Waals surface area (Å²) in [6.07, 6.45) is 5.86. The van der Waals surface area contributed by atoms with Crippen LogP contribution in [0.5, 0.6) is 0 Å². The van der Waals surface area contributed by atoms with Gasteiger partial charge in [-0.05, 0) is 18.6 Å². The molecular weight excluding hydrogens is 224 g/mol. The fourth-order valence-corrected chi connectivity index (χ4v) is 2.20. The molecule has 0 saturated carbocycles. The summed E-state index contributed by atoms with van der Waals surface area (Å²) in [6, 6.07) is 3.78. The molecule has 0 aliphatic heterocycles. The summed E-state index contributed by atoms with van der Waals surface area (Å²) in [4.78, 5) is 19.6. The molecule has 0 saturated heterocycles. The fourth-order valence-electron chi connectivity index (χ4n) is 1.28. The molecule has 5 heteroatoms. The van der Waals surface area contributed by atoms with Crippen LogP contribution in [0.1, 0.15) is 11.3 Å². The number of pyridine rings is 1. The Morgan fingerprint density at radius 2 is 2.12 bits per heavy atom. The third-order valence-corrected chi connectivity index (χ3v) is 3.17. The molecule has 4 nitrogen and oxygen atoms in total. The lowest BCUT2D eigenvalue weighted by Crippen LogP contribution is -1.95. The van der Waals surface area contributed by atoms with E-state index in [1.807, 2.05) is 12.1 Å². The Morgan fingerprint density at radius 1 is 1.38 bits per heavy atom. The molecule has 0 amide bonds. The van der Waals surface area contributed by atoms with Gasteiger partial charge in [-0.15, -0.1) is 11.3 Å². The summed E-state index contributed by atoms with van der Waals surface area (Å²) in [6.45, 7) is 0. The Morgan fingerprint density at radius 3 is 2.81 bits per heavy atom. The first-order valence-electron chi connectivity index (χ1n) is 4.82. The molecule has 0 bridgehead atoms. The van der Waals surface area contributed by atoms with E-state index in [0.29, 0.717) is 6.42 Å². The van der Waals surface area contributed by atoms with E-state index in [0.717, 1.165) is 15.4 Å². The third kappa shape index (κ3) is 2.64. The average Bonchev–Trinajstić information content (AvgIpc) is 2.76. The average molecular weight is 234 g/mol. The molecule has 1 N–H and O–H groups in total. The van der Waals surface area contributed by atoms with Crippen LogP contribution in [0.2, 0.25) is 0 Å². The molecule has 2 aromatic heterocycles. The van der Waals surface area contributed by atoms with Crippen molar-refractivity contribution in [2.75, 3.05) is 0 Å². The summed E-state index contributed by atoms with van der Waals surface area (Å²) in [5.74, 6) is -0.779. The van der Waals surface area contributed by atoms with E-state index in [1.165, 1.54) is 11.3 Å². The summed E-state index contributed by atoms with van der Waals surface area (Å²) in [5.41, 5.74) is 1.02. The lowest BCUT2D eigenvalue weighted by molar-refractivity contribution is -0.136. The molecule has 0 aliphatic rings. The van der Waals surface area contributed by atoms with Crippen LogP contribution in [0.3, 0.4) is 0 Å². The molecule has 0 radical (unpaired) electrons. The smallest absolute Gasteiger partial charge is 0.303 e. The largest absolute Gasteiger partial charge is 0.481 e. The fraction of sp³-hybridized carbons (Fsp3) is 0.182. The van der Waals surface area contributed by atoms with Crippen molar-refractivity contribution >= 4 is 17.3 Å². The topological polar surface area (TPSA) is 63.1 Å². The number of rotatable bonds is 4. The maximum Gasteiger partial charge on any atom is 0.303 e. The van der Waals surface area contributed by atoms with E-state index >= 15 is 0 Å². The van der Waals surface area contributed by atoms with Gasteiger partial charge in [0, 0.05) is 29.0 Å². The number of carbonyl (C=O) groups is 1. The van der Waals surface area contributed by atoms with Crippen molar-refractivity contribution < 1.29 is 9.90 Å². The Hall–Kier alpha value is -1.75. The van der Waals surface area contributed by atoms with Gasteiger partial charge >= 0.3 is 5.97 Å². The zero-order chi connectivity index (χ0) is 11.4. The first kappa shape index (κ1) is 10.8. The van der Waals surface area contributed by atoms with Crippen LogP contribution < -0.4 is 0 Å². The second kappa shape index (κ2) is 4.85. The molecule has 2 heterocycles. The van der Waals surface area contributed by atoms with Gasteiger partial charge < -0.3 is 5.11 Å². The van der Waals surface area contributed by atoms with Gasteiger partial charge in [-0.25, -0.2) is 4.98 Å². The SMILES string of the molecule is O=C(O)CCc1cnc(-c2ccncc2)s1. The Kier molecular flexibility index (Phi) is 3.26. The summed E-state index contributed by atoms with van der Waals surface area (Å²) >= 11 is 1.53. The third-order valence-electron chi connectivity index (χ3n) is 2.07. The number of aliphatic carboxylic acids is 1. The molecule has 0 fully saturated rings. The van der Waals surface area contributed by atoms with Crippen LogP contribution in [0.4, 0.5) is 0 Å². The molecule has 82 valence electrons. The number of nitrogens with zero attached hydrogens (tertiary/aromatic N) is 2. The number of thiazole rings is 1. The normalized spacial score (nSPS) is 10.2. The number of hydrogen-bond acceptors (Lipinski definition) is 4. The minimum absolute atomic E-state index is 0.151. The van der Waals surface area contributed by atoms with Crippen molar-refractivity contribution in [3.8, 4) is 10.6 Å². The van der Waals surface area contributed by atoms with Gasteiger partial charge in [0.05, 0.1) is 6.42 Å². The first-order valence-corrected chi connectivity index (χ1v) is 5.64. The quantitative estimate of drug-likeness (QED) is 0.881. The van der Waals surface area contributed by atoms with Gasteiger partial charge in [0.1, 0.15) is 5.01 Å². The van der Waals surface area contributed by atoms with Crippen molar-refractivity contribution in [1.29, 1.82) is 0 Å². The minimum atomic E-state index is -0.779. The number of hydrogen-bond donors (Lipinski definition) is 1. The van der Waals surface area contributed by atoms with Gasteiger partial charge in [0.15, 0.2) is 0 Å². The van der Waals surface area contributed by atoms with E-state index < -0.39 is 5.97 Å². The van der Waals surface area contributed by atoms with Crippen molar-refractivity contribution in [3.05, 3.63) is 35.6 Å². The predicted octanol–water partition coefficient (Wildman–Crippen LogP) is 2.22. The molecule has 0 aromatic carbocycles. The summed E-state index contributed by atoms with van der Waals surface area (Å²) < 4.78 is 0. The maximum absolute atomic E-state index is 10.4. The molecule has 0 atom stereocenters. The molecule has 0 aliphatic carbocycles. The summed E-state index contributed by atoms with van der Waals surface area (Å²) in [7, 11) is 0. The predicted molar refractivity (Wildman–Crippen MR) is 61.3 cm³/mol. The van der Waals surface area contributed by atoms with Crippen LogP contribution >= 0.6 is 11.3 Å². The number of aryl methyl sites for hydroxylation is 1. The Balaban J connectivity index is 2.11. The van der Waals surface area contributed by atoms with E-state index in [4.69, 9.17) is 5.11 Å². The summed E-state index contributed by atoms with van der Waals surface area (Å²) in [5, 5.41) is 9.48. The van der Waals surface area contributed by atoms with Gasteiger partial charge in [0.25, 0.3) is 0 Å². The van der Waals surface area contributed by atoms with Crippen LogP contribution in [-0.2, 0) is 11.2 Å². The monoisotopic (exact) mass is 234 g/mol. The van der Waals surface area contributed by atoms with Gasteiger partial charge in [-0.3, -0.25) is 9.78 Å². The zero-order valence-corrected chi connectivity index (χ0v) is 9.28.